The molecular formula is C15H19Cl2N3O2. The lowest BCUT2D eigenvalue weighted by atomic mass is 10.1. The summed E-state index contributed by atoms with van der Waals surface area (Å²) in [5.74, 6) is -0.0788. The van der Waals surface area contributed by atoms with E-state index in [1.165, 1.54) is 4.90 Å². The van der Waals surface area contributed by atoms with Crippen molar-refractivity contribution in [2.45, 2.75) is 32.4 Å². The molecule has 5 nitrogen and oxygen atoms in total. The summed E-state index contributed by atoms with van der Waals surface area (Å²) in [4.78, 5) is 27.2. The highest BCUT2D eigenvalue weighted by Gasteiger charge is 2.35. The van der Waals surface area contributed by atoms with Crippen molar-refractivity contribution >= 4 is 35.1 Å². The van der Waals surface area contributed by atoms with E-state index in [2.05, 4.69) is 0 Å². The Morgan fingerprint density at radius 2 is 2.09 bits per heavy atom. The molecule has 1 heterocycles. The molecule has 1 aromatic carbocycles. The van der Waals surface area contributed by atoms with Crippen LogP contribution in [-0.2, 0) is 11.3 Å². The van der Waals surface area contributed by atoms with Gasteiger partial charge in [0.25, 0.3) is 0 Å². The third kappa shape index (κ3) is 3.65. The molecule has 1 fully saturated rings. The monoisotopic (exact) mass is 343 g/mol. The topological polar surface area (TPSA) is 66.6 Å². The summed E-state index contributed by atoms with van der Waals surface area (Å²) in [6, 6.07) is 4.30. The Kier molecular flexibility index (Phi) is 5.53. The van der Waals surface area contributed by atoms with E-state index in [0.717, 1.165) is 12.0 Å². The first-order valence-corrected chi connectivity index (χ1v) is 7.98. The zero-order valence-electron chi connectivity index (χ0n) is 12.4. The van der Waals surface area contributed by atoms with Gasteiger partial charge in [-0.2, -0.15) is 0 Å². The zero-order chi connectivity index (χ0) is 16.3. The first kappa shape index (κ1) is 16.9. The van der Waals surface area contributed by atoms with Gasteiger partial charge in [0.1, 0.15) is 6.04 Å². The summed E-state index contributed by atoms with van der Waals surface area (Å²) < 4.78 is 0. The minimum Gasteiger partial charge on any atom is -0.351 e. The molecule has 1 atom stereocenters. The van der Waals surface area contributed by atoms with E-state index in [1.807, 2.05) is 13.0 Å². The molecular weight excluding hydrogens is 325 g/mol. The molecule has 22 heavy (non-hydrogen) atoms. The summed E-state index contributed by atoms with van der Waals surface area (Å²) >= 11 is 11.9. The van der Waals surface area contributed by atoms with E-state index in [-0.39, 0.29) is 5.91 Å². The molecule has 0 saturated carbocycles. The average molecular weight is 344 g/mol. The smallest absolute Gasteiger partial charge is 0.315 e. The van der Waals surface area contributed by atoms with Crippen molar-refractivity contribution in [3.8, 4) is 0 Å². The van der Waals surface area contributed by atoms with E-state index < -0.39 is 12.1 Å². The fourth-order valence-electron chi connectivity index (χ4n) is 2.70. The van der Waals surface area contributed by atoms with Crippen molar-refractivity contribution in [3.63, 3.8) is 0 Å². The standard InChI is InChI=1S/C15H19Cl2N3O2/c1-2-19(9-10-5-6-11(16)12(17)8-10)14(21)13-4-3-7-20(13)15(18)22/h5-6,8,13H,2-4,7,9H2,1H3,(H2,18,22)/t13-/m0/s1. The number of nitrogens with two attached hydrogens (primary N) is 1. The van der Waals surface area contributed by atoms with Crippen LogP contribution < -0.4 is 5.73 Å². The fraction of sp³-hybridized carbons (Fsp3) is 0.467. The van der Waals surface area contributed by atoms with Crippen LogP contribution in [0, 0.1) is 0 Å². The lowest BCUT2D eigenvalue weighted by Gasteiger charge is -2.29. The molecule has 1 aliphatic heterocycles. The zero-order valence-corrected chi connectivity index (χ0v) is 13.9. The first-order valence-electron chi connectivity index (χ1n) is 7.22. The Bertz CT molecular complexity index is 580. The summed E-state index contributed by atoms with van der Waals surface area (Å²) in [6.45, 7) is 3.41. The number of urea groups is 1. The highest BCUT2D eigenvalue weighted by atomic mass is 35.5. The van der Waals surface area contributed by atoms with Gasteiger partial charge in [-0.15, -0.1) is 0 Å². The summed E-state index contributed by atoms with van der Waals surface area (Å²) in [5.41, 5.74) is 6.24. The molecule has 0 aromatic heterocycles. The lowest BCUT2D eigenvalue weighted by Crippen LogP contribution is -2.49. The van der Waals surface area contributed by atoms with Gasteiger partial charge in [-0.1, -0.05) is 29.3 Å². The van der Waals surface area contributed by atoms with Gasteiger partial charge in [0.2, 0.25) is 5.91 Å². The largest absolute Gasteiger partial charge is 0.351 e. The number of likely N-dealkylation sites (tertiary alicyclic amines) is 1. The minimum absolute atomic E-state index is 0.0788. The van der Waals surface area contributed by atoms with Gasteiger partial charge in [0.05, 0.1) is 10.0 Å². The van der Waals surface area contributed by atoms with Crippen molar-refractivity contribution in [1.82, 2.24) is 9.80 Å². The predicted molar refractivity (Wildman–Crippen MR) is 86.9 cm³/mol. The Balaban J connectivity index is 2.11. The van der Waals surface area contributed by atoms with Crippen molar-refractivity contribution in [1.29, 1.82) is 0 Å². The Morgan fingerprint density at radius 1 is 1.36 bits per heavy atom. The minimum atomic E-state index is -0.540. The first-order chi connectivity index (χ1) is 10.4. The molecule has 1 saturated heterocycles. The second-order valence-electron chi connectivity index (χ2n) is 5.29. The number of hydrogen-bond donors (Lipinski definition) is 1. The van der Waals surface area contributed by atoms with Gasteiger partial charge in [-0.3, -0.25) is 4.79 Å². The highest BCUT2D eigenvalue weighted by Crippen LogP contribution is 2.24. The highest BCUT2D eigenvalue weighted by molar-refractivity contribution is 6.42. The number of likely N-dealkylation sites (N-methyl/N-ethyl adjacent to an activating group) is 1. The molecule has 2 N–H and O–H groups in total. The van der Waals surface area contributed by atoms with Crippen LogP contribution >= 0.6 is 23.2 Å². The van der Waals surface area contributed by atoms with E-state index in [4.69, 9.17) is 28.9 Å². The van der Waals surface area contributed by atoms with Crippen molar-refractivity contribution in [2.75, 3.05) is 13.1 Å². The van der Waals surface area contributed by atoms with Crippen molar-refractivity contribution in [3.05, 3.63) is 33.8 Å². The molecule has 0 spiro atoms. The summed E-state index contributed by atoms with van der Waals surface area (Å²) in [7, 11) is 0. The van der Waals surface area contributed by atoms with Crippen LogP contribution in [0.15, 0.2) is 18.2 Å². The number of primary amides is 1. The molecule has 2 rings (SSSR count). The van der Waals surface area contributed by atoms with Crippen molar-refractivity contribution < 1.29 is 9.59 Å². The van der Waals surface area contributed by atoms with Gasteiger partial charge in [0.15, 0.2) is 0 Å². The molecule has 3 amide bonds. The number of benzene rings is 1. The number of halogens is 2. The number of carbonyl (C=O) groups is 2. The Hall–Kier alpha value is -1.46. The van der Waals surface area contributed by atoms with Gasteiger partial charge in [-0.05, 0) is 37.5 Å². The van der Waals surface area contributed by atoms with Gasteiger partial charge < -0.3 is 15.5 Å². The SMILES string of the molecule is CCN(Cc1ccc(Cl)c(Cl)c1)C(=O)[C@@H]1CCCN1C(N)=O. The fourth-order valence-corrected chi connectivity index (χ4v) is 3.02. The second-order valence-corrected chi connectivity index (χ2v) is 6.10. The third-order valence-corrected chi connectivity index (χ3v) is 4.61. The molecule has 120 valence electrons. The maximum absolute atomic E-state index is 12.7. The Labute approximate surface area is 139 Å². The van der Waals surface area contributed by atoms with Crippen LogP contribution in [0.4, 0.5) is 4.79 Å². The van der Waals surface area contributed by atoms with Crippen LogP contribution in [0.2, 0.25) is 10.0 Å². The van der Waals surface area contributed by atoms with E-state index in [9.17, 15) is 9.59 Å². The number of rotatable bonds is 4. The van der Waals surface area contributed by atoms with E-state index >= 15 is 0 Å². The van der Waals surface area contributed by atoms with Crippen LogP contribution in [0.25, 0.3) is 0 Å². The molecule has 0 radical (unpaired) electrons. The predicted octanol–water partition coefficient (Wildman–Crippen LogP) is 2.88. The average Bonchev–Trinajstić information content (AvgIpc) is 2.97. The van der Waals surface area contributed by atoms with E-state index in [1.54, 1.807) is 17.0 Å². The van der Waals surface area contributed by atoms with Crippen LogP contribution in [-0.4, -0.2) is 40.9 Å². The van der Waals surface area contributed by atoms with Gasteiger partial charge >= 0.3 is 6.03 Å². The second kappa shape index (κ2) is 7.20. The number of hydrogen-bond acceptors (Lipinski definition) is 2. The number of nitrogens with zero attached hydrogens (tertiary/aromatic N) is 2. The molecule has 0 unspecified atom stereocenters. The third-order valence-electron chi connectivity index (χ3n) is 3.87. The van der Waals surface area contributed by atoms with Crippen LogP contribution in [0.5, 0.6) is 0 Å². The normalized spacial score (nSPS) is 17.6. The summed E-state index contributed by atoms with van der Waals surface area (Å²) in [6.07, 6.45) is 1.45. The lowest BCUT2D eigenvalue weighted by molar-refractivity contribution is -0.135. The number of amides is 3. The molecule has 0 aliphatic carbocycles. The maximum atomic E-state index is 12.7. The summed E-state index contributed by atoms with van der Waals surface area (Å²) in [5, 5.41) is 0.942. The van der Waals surface area contributed by atoms with E-state index in [0.29, 0.717) is 36.1 Å². The maximum Gasteiger partial charge on any atom is 0.315 e. The van der Waals surface area contributed by atoms with Crippen molar-refractivity contribution in [2.24, 2.45) is 5.73 Å². The van der Waals surface area contributed by atoms with Crippen LogP contribution in [0.1, 0.15) is 25.3 Å². The Morgan fingerprint density at radius 3 is 2.68 bits per heavy atom. The molecule has 1 aliphatic rings. The molecule has 1 aromatic rings. The molecule has 0 bridgehead atoms. The van der Waals surface area contributed by atoms with Gasteiger partial charge in [-0.25, -0.2) is 4.79 Å². The molecule has 7 heteroatoms. The quantitative estimate of drug-likeness (QED) is 0.913. The van der Waals surface area contributed by atoms with Crippen LogP contribution in [0.3, 0.4) is 0 Å². The number of carbonyl (C=O) groups excluding carboxylic acids is 2. The van der Waals surface area contributed by atoms with Gasteiger partial charge in [0, 0.05) is 19.6 Å².